The average Bonchev–Trinajstić information content (AvgIpc) is 4.05. The fourth-order valence-electron chi connectivity index (χ4n) is 9.19. The summed E-state index contributed by atoms with van der Waals surface area (Å²) in [4.78, 5) is 58.6. The predicted octanol–water partition coefficient (Wildman–Crippen LogP) is 8.46. The van der Waals surface area contributed by atoms with Crippen LogP contribution in [0.25, 0.3) is 33.6 Å². The van der Waals surface area contributed by atoms with Crippen LogP contribution < -0.4 is 5.32 Å². The molecule has 2 fully saturated rings. The first-order valence-corrected chi connectivity index (χ1v) is 20.6. The highest BCUT2D eigenvalue weighted by molar-refractivity contribution is 7.59. The predicted molar refractivity (Wildman–Crippen MR) is 253 cm³/mol. The number of hydrogen-bond acceptors (Lipinski definition) is 8. The van der Waals surface area contributed by atoms with Gasteiger partial charge in [0.15, 0.2) is 0 Å². The van der Waals surface area contributed by atoms with Crippen molar-refractivity contribution in [3.05, 3.63) is 71.6 Å². The van der Waals surface area contributed by atoms with Crippen LogP contribution in [0.4, 0.5) is 4.79 Å². The number of carbonyl (C=O) groups is 3. The first-order chi connectivity index (χ1) is 27.4. The zero-order valence-electron chi connectivity index (χ0n) is 34.6. The third kappa shape index (κ3) is 10.8. The molecule has 1 aliphatic carbocycles. The third-order valence-electron chi connectivity index (χ3n) is 12.3. The smallest absolute Gasteiger partial charge is 0.407 e. The molecule has 16 heteroatoms. The molecule has 1 saturated heterocycles. The van der Waals surface area contributed by atoms with Crippen LogP contribution in [0.3, 0.4) is 0 Å². The molecule has 60 heavy (non-hydrogen) atoms. The van der Waals surface area contributed by atoms with Crippen molar-refractivity contribution < 1.29 is 28.6 Å². The van der Waals surface area contributed by atoms with Gasteiger partial charge in [0.1, 0.15) is 23.5 Å². The van der Waals surface area contributed by atoms with E-state index in [1.807, 2.05) is 4.90 Å². The first-order valence-electron chi connectivity index (χ1n) is 20.6. The summed E-state index contributed by atoms with van der Waals surface area (Å²) in [5.41, 5.74) is 7.73. The molecule has 8 rings (SSSR count). The van der Waals surface area contributed by atoms with E-state index >= 15 is 0 Å². The Morgan fingerprint density at radius 1 is 0.683 bits per heavy atom. The Bertz CT molecular complexity index is 2030. The molecule has 0 radical (unpaired) electrons. The van der Waals surface area contributed by atoms with Gasteiger partial charge in [-0.3, -0.25) is 9.59 Å². The van der Waals surface area contributed by atoms with Crippen LogP contribution in [0.2, 0.25) is 0 Å². The number of rotatable bonds is 4. The zero-order valence-corrected chi connectivity index (χ0v) is 38.6. The van der Waals surface area contributed by atoms with Gasteiger partial charge in [-0.05, 0) is 68.9 Å². The third-order valence-corrected chi connectivity index (χ3v) is 12.3. The van der Waals surface area contributed by atoms with Crippen molar-refractivity contribution in [2.24, 2.45) is 11.8 Å². The van der Waals surface area contributed by atoms with Crippen LogP contribution in [-0.4, -0.2) is 75.5 Å². The summed E-state index contributed by atoms with van der Waals surface area (Å²) in [7, 11) is 1.31. The van der Waals surface area contributed by atoms with E-state index in [4.69, 9.17) is 24.2 Å². The Morgan fingerprint density at radius 2 is 1.22 bits per heavy atom. The minimum atomic E-state index is -0.661. The molecule has 0 spiro atoms. The Labute approximate surface area is 381 Å². The van der Waals surface area contributed by atoms with E-state index in [-0.39, 0.29) is 83.7 Å². The maximum atomic E-state index is 13.8. The summed E-state index contributed by atoms with van der Waals surface area (Å²) in [5.74, 6) is 2.18. The second-order valence-electron chi connectivity index (χ2n) is 16.0. The second-order valence-corrected chi connectivity index (χ2v) is 16.0. The van der Waals surface area contributed by atoms with E-state index in [9.17, 15) is 14.4 Å². The fourth-order valence-corrected chi connectivity index (χ4v) is 9.19. The van der Waals surface area contributed by atoms with Crippen LogP contribution in [-0.2, 0) is 37.0 Å². The summed E-state index contributed by atoms with van der Waals surface area (Å²) in [6.07, 6.45) is 8.91. The van der Waals surface area contributed by atoms with Crippen molar-refractivity contribution >= 4 is 71.8 Å². The van der Waals surface area contributed by atoms with Crippen molar-refractivity contribution in [2.75, 3.05) is 26.9 Å². The summed E-state index contributed by atoms with van der Waals surface area (Å²) >= 11 is 0. The van der Waals surface area contributed by atoms with Gasteiger partial charge in [0, 0.05) is 48.6 Å². The number of Topliss-reactive ketones (excluding diaryl/α,β-unsaturated/α-hetero) is 1. The summed E-state index contributed by atoms with van der Waals surface area (Å²) in [5, 5.41) is 2.76. The number of amides is 2. The molecule has 5 atom stereocenters. The topological polar surface area (TPSA) is 152 Å². The largest absolute Gasteiger partial charge is 0.453 e. The molecule has 3 aliphatic heterocycles. The average molecular weight is 899 g/mol. The van der Waals surface area contributed by atoms with Crippen molar-refractivity contribution in [3.63, 3.8) is 0 Å². The minimum absolute atomic E-state index is 0. The summed E-state index contributed by atoms with van der Waals surface area (Å²) in [6.45, 7) is 4.75. The molecule has 1 unspecified atom stereocenters. The number of aromatic nitrogens is 4. The molecule has 12 nitrogen and oxygen atoms in total. The van der Waals surface area contributed by atoms with Crippen LogP contribution in [0.5, 0.6) is 0 Å². The van der Waals surface area contributed by atoms with Gasteiger partial charge in [0.05, 0.1) is 49.1 Å². The van der Waals surface area contributed by atoms with Gasteiger partial charge in [-0.2, -0.15) is 54.0 Å². The number of methoxy groups -OCH3 is 1. The molecule has 328 valence electrons. The van der Waals surface area contributed by atoms with Crippen molar-refractivity contribution in [1.82, 2.24) is 30.2 Å². The lowest BCUT2D eigenvalue weighted by Crippen LogP contribution is -2.48. The number of nitrogens with zero attached hydrogens (tertiary/aromatic N) is 3. The molecule has 4 aromatic rings. The minimum Gasteiger partial charge on any atom is -0.453 e. The van der Waals surface area contributed by atoms with Crippen LogP contribution in [0, 0.1) is 11.8 Å². The molecule has 2 amide bonds. The Balaban J connectivity index is 0.00000198. The molecule has 2 aromatic heterocycles. The SMILES string of the molecule is COC(=O)N[C@H]1CCCCOCc2[nH]c(nc2-c2ccc(-c3ccc(-c4nc5[nH]c4COCCCC[C@H](C)C(=O)C4CCC[C@@H]54)cc3)cc2)[C@@H]2CCCN2C1=O.S.S.S.S. The second kappa shape index (κ2) is 22.6. The molecule has 3 N–H and O–H groups in total. The number of ketones is 1. The Hall–Kier alpha value is -3.41. The highest BCUT2D eigenvalue weighted by Crippen LogP contribution is 2.42. The van der Waals surface area contributed by atoms with Crippen molar-refractivity contribution in [3.8, 4) is 33.6 Å². The van der Waals surface area contributed by atoms with E-state index in [1.165, 1.54) is 7.11 Å². The number of imidazole rings is 2. The van der Waals surface area contributed by atoms with Gasteiger partial charge in [0.25, 0.3) is 0 Å². The van der Waals surface area contributed by atoms with Gasteiger partial charge < -0.3 is 34.4 Å². The normalized spacial score (nSPS) is 23.4. The maximum Gasteiger partial charge on any atom is 0.407 e. The van der Waals surface area contributed by atoms with Crippen LogP contribution >= 0.6 is 54.0 Å². The quantitative estimate of drug-likeness (QED) is 0.185. The molecule has 4 aliphatic rings. The Kier molecular flexibility index (Phi) is 18.6. The first kappa shape index (κ1) is 49.2. The van der Waals surface area contributed by atoms with E-state index in [1.54, 1.807) is 0 Å². The number of aromatic amines is 2. The number of carbonyl (C=O) groups excluding carboxylic acids is 3. The number of ether oxygens (including phenoxy) is 3. The fraction of sp³-hybridized carbons (Fsp3) is 0.523. The lowest BCUT2D eigenvalue weighted by Gasteiger charge is -2.28. The summed E-state index contributed by atoms with van der Waals surface area (Å²) in [6, 6.07) is 16.1. The number of fused-ring (bicyclic) bond motifs is 8. The lowest BCUT2D eigenvalue weighted by atomic mass is 9.84. The van der Waals surface area contributed by atoms with Gasteiger partial charge in [0.2, 0.25) is 5.91 Å². The standard InChI is InChI=1S/C44H54N6O6.4H2S/c1-27-9-3-5-23-55-25-35-38(48-41(45-35)33-11-7-10-32(33)40(27)51)30-18-14-28(15-19-30)29-16-20-31(21-17-29)39-36-26-56-24-6-4-12-34(47-44(53)54-2)43(52)50-22-8-13-37(50)42(46-36)49-39;;;;/h14-21,27,32-34,37H,3-13,22-26H2,1-2H3,(H,45,48)(H,46,49)(H,47,53);4*1H2/t27-,32?,33+,34-,37-;;;;/m0..../s1. The highest BCUT2D eigenvalue weighted by Gasteiger charge is 2.39. The maximum absolute atomic E-state index is 13.8. The van der Waals surface area contributed by atoms with Gasteiger partial charge in [-0.1, -0.05) is 68.3 Å². The molecule has 5 heterocycles. The monoisotopic (exact) mass is 898 g/mol. The molecule has 1 saturated carbocycles. The van der Waals surface area contributed by atoms with Crippen LogP contribution in [0.15, 0.2) is 48.5 Å². The lowest BCUT2D eigenvalue weighted by molar-refractivity contribution is -0.134. The van der Waals surface area contributed by atoms with E-state index in [2.05, 4.69) is 70.7 Å². The van der Waals surface area contributed by atoms with E-state index in [0.717, 1.165) is 121 Å². The number of benzene rings is 2. The van der Waals surface area contributed by atoms with Gasteiger partial charge >= 0.3 is 6.09 Å². The van der Waals surface area contributed by atoms with E-state index in [0.29, 0.717) is 45.2 Å². The van der Waals surface area contributed by atoms with Crippen molar-refractivity contribution in [1.29, 1.82) is 0 Å². The molecule has 4 bridgehead atoms. The van der Waals surface area contributed by atoms with E-state index < -0.39 is 12.1 Å². The number of H-pyrrole nitrogens is 2. The summed E-state index contributed by atoms with van der Waals surface area (Å²) < 4.78 is 17.1. The number of nitrogens with one attached hydrogen (secondary N) is 3. The number of alkyl carbamates (subject to hydrolysis) is 1. The molecular weight excluding hydrogens is 837 g/mol. The highest BCUT2D eigenvalue weighted by atomic mass is 32.1. The molecular formula is C44H62N6O6S4. The van der Waals surface area contributed by atoms with Crippen LogP contribution in [0.1, 0.15) is 113 Å². The van der Waals surface area contributed by atoms with Gasteiger partial charge in [-0.25, -0.2) is 14.8 Å². The molecule has 2 aromatic carbocycles. The van der Waals surface area contributed by atoms with Gasteiger partial charge in [-0.15, -0.1) is 0 Å². The van der Waals surface area contributed by atoms with Crippen molar-refractivity contribution in [2.45, 2.75) is 109 Å². The Morgan fingerprint density at radius 3 is 1.82 bits per heavy atom. The number of hydrogen-bond donors (Lipinski definition) is 3. The zero-order chi connectivity index (χ0) is 38.6.